The number of aliphatic hydroxyl groups is 2. The van der Waals surface area contributed by atoms with Gasteiger partial charge in [-0.3, -0.25) is 0 Å². The van der Waals surface area contributed by atoms with E-state index in [4.69, 9.17) is 10.3 Å². The maximum absolute atomic E-state index is 10.6. The van der Waals surface area contributed by atoms with Gasteiger partial charge in [0.2, 0.25) is 0 Å². The van der Waals surface area contributed by atoms with Crippen LogP contribution in [-0.4, -0.2) is 39.7 Å². The average Bonchev–Trinajstić information content (AvgIpc) is 3.06. The van der Waals surface area contributed by atoms with Gasteiger partial charge in [-0.15, -0.1) is 0 Å². The summed E-state index contributed by atoms with van der Waals surface area (Å²) in [6, 6.07) is -0.469. The summed E-state index contributed by atoms with van der Waals surface area (Å²) in [5, 5.41) is 24.7. The Balaban J connectivity index is 1.61. The summed E-state index contributed by atoms with van der Waals surface area (Å²) in [7, 11) is 0. The van der Waals surface area contributed by atoms with Gasteiger partial charge in [-0.2, -0.15) is 0 Å². The summed E-state index contributed by atoms with van der Waals surface area (Å²) in [5.74, 6) is 0.348. The van der Waals surface area contributed by atoms with Crippen molar-refractivity contribution in [3.63, 3.8) is 0 Å². The highest BCUT2D eigenvalue weighted by molar-refractivity contribution is 5.47. The molecule has 6 heteroatoms. The number of azide groups is 1. The first-order chi connectivity index (χ1) is 11.9. The molecule has 0 amide bonds. The van der Waals surface area contributed by atoms with E-state index in [1.165, 1.54) is 5.57 Å². The van der Waals surface area contributed by atoms with Crippen molar-refractivity contribution < 1.29 is 14.9 Å². The molecular formula is C19H25N3O3. The fraction of sp³-hybridized carbons (Fsp3) is 0.789. The highest BCUT2D eigenvalue weighted by Crippen LogP contribution is 2.67. The predicted molar refractivity (Wildman–Crippen MR) is 91.6 cm³/mol. The lowest BCUT2D eigenvalue weighted by atomic mass is 9.58. The number of hydrogen-bond donors (Lipinski definition) is 2. The number of ether oxygens (including phenoxy) is 1. The molecule has 1 saturated heterocycles. The van der Waals surface area contributed by atoms with Crippen molar-refractivity contribution in [1.82, 2.24) is 0 Å². The summed E-state index contributed by atoms with van der Waals surface area (Å²) in [6.07, 6.45) is 9.32. The van der Waals surface area contributed by atoms with Gasteiger partial charge in [0, 0.05) is 4.91 Å². The van der Waals surface area contributed by atoms with Crippen LogP contribution in [0, 0.1) is 11.3 Å². The fourth-order valence-corrected chi connectivity index (χ4v) is 6.58. The van der Waals surface area contributed by atoms with Gasteiger partial charge in [-0.25, -0.2) is 0 Å². The van der Waals surface area contributed by atoms with E-state index < -0.39 is 17.7 Å². The molecule has 5 aliphatic rings. The van der Waals surface area contributed by atoms with Gasteiger partial charge >= 0.3 is 0 Å². The van der Waals surface area contributed by atoms with Crippen molar-refractivity contribution in [3.05, 3.63) is 33.7 Å². The first-order valence-electron chi connectivity index (χ1n) is 9.47. The highest BCUT2D eigenvalue weighted by atomic mass is 16.5. The lowest BCUT2D eigenvalue weighted by molar-refractivity contribution is -0.153. The third-order valence-electron chi connectivity index (χ3n) is 7.94. The molecule has 2 aliphatic heterocycles. The molecule has 3 fully saturated rings. The Hall–Kier alpha value is -1.33. The maximum atomic E-state index is 10.6. The molecule has 0 radical (unpaired) electrons. The molecule has 5 rings (SSSR count). The lowest BCUT2D eigenvalue weighted by Gasteiger charge is -2.55. The molecule has 1 unspecified atom stereocenters. The molecule has 134 valence electrons. The number of hydrogen-bond acceptors (Lipinski definition) is 4. The number of rotatable bonds is 1. The van der Waals surface area contributed by atoms with E-state index in [9.17, 15) is 10.2 Å². The largest absolute Gasteiger partial charge is 0.393 e. The van der Waals surface area contributed by atoms with Gasteiger partial charge in [0.15, 0.2) is 0 Å². The van der Waals surface area contributed by atoms with Crippen LogP contribution in [0.2, 0.25) is 0 Å². The van der Waals surface area contributed by atoms with E-state index >= 15 is 0 Å². The first kappa shape index (κ1) is 15.9. The van der Waals surface area contributed by atoms with Crippen LogP contribution in [0.3, 0.4) is 0 Å². The molecule has 7 atom stereocenters. The van der Waals surface area contributed by atoms with Gasteiger partial charge in [0.05, 0.1) is 29.5 Å². The SMILES string of the molecule is C[C@]12CCC3=CC4=C[C@H](O)C(N=[N+]=[N-])C[C@]45CC[C@]3(O5)[C@@H]1CC[C@@H]2O. The van der Waals surface area contributed by atoms with Crippen LogP contribution in [0.4, 0.5) is 0 Å². The molecule has 2 bridgehead atoms. The van der Waals surface area contributed by atoms with Gasteiger partial charge in [0.1, 0.15) is 0 Å². The zero-order valence-electron chi connectivity index (χ0n) is 14.6. The van der Waals surface area contributed by atoms with Crippen LogP contribution in [0.5, 0.6) is 0 Å². The third kappa shape index (κ3) is 1.83. The smallest absolute Gasteiger partial charge is 0.0947 e. The van der Waals surface area contributed by atoms with Crippen LogP contribution in [0.15, 0.2) is 28.4 Å². The molecule has 3 aliphatic carbocycles. The Bertz CT molecular complexity index is 742. The summed E-state index contributed by atoms with van der Waals surface area (Å²) in [6.45, 7) is 2.23. The molecule has 2 saturated carbocycles. The fourth-order valence-electron chi connectivity index (χ4n) is 6.58. The standard InChI is InChI=1S/C19H25N3O3/c1-17-5-4-11-8-12-9-14(23)13(21-22-20)10-18(12)6-7-19(11,25-18)15(17)2-3-16(17)24/h8-9,13-16,23-24H,2-7,10H2,1H3/t13?,14-,15+,16-,17-,18+,19+/m0/s1. The average molecular weight is 343 g/mol. The van der Waals surface area contributed by atoms with E-state index in [1.54, 1.807) is 0 Å². The van der Waals surface area contributed by atoms with Crippen molar-refractivity contribution >= 4 is 0 Å². The van der Waals surface area contributed by atoms with E-state index in [1.807, 2.05) is 6.08 Å². The van der Waals surface area contributed by atoms with Crippen molar-refractivity contribution in [2.75, 3.05) is 0 Å². The van der Waals surface area contributed by atoms with Gasteiger partial charge in [0.25, 0.3) is 0 Å². The number of aliphatic hydroxyl groups excluding tert-OH is 2. The molecule has 2 spiro atoms. The van der Waals surface area contributed by atoms with Gasteiger partial charge in [-0.1, -0.05) is 18.1 Å². The van der Waals surface area contributed by atoms with Gasteiger partial charge in [-0.05, 0) is 79.0 Å². The van der Waals surface area contributed by atoms with E-state index in [2.05, 4.69) is 23.0 Å². The summed E-state index contributed by atoms with van der Waals surface area (Å²) >= 11 is 0. The van der Waals surface area contributed by atoms with E-state index in [0.717, 1.165) is 44.1 Å². The Morgan fingerprint density at radius 3 is 2.92 bits per heavy atom. The van der Waals surface area contributed by atoms with Crippen molar-refractivity contribution in [2.24, 2.45) is 16.4 Å². The molecule has 2 heterocycles. The Morgan fingerprint density at radius 2 is 2.12 bits per heavy atom. The second kappa shape index (κ2) is 4.89. The molecule has 25 heavy (non-hydrogen) atoms. The van der Waals surface area contributed by atoms with Crippen molar-refractivity contribution in [3.8, 4) is 0 Å². The zero-order valence-corrected chi connectivity index (χ0v) is 14.6. The van der Waals surface area contributed by atoms with Crippen LogP contribution in [0.1, 0.15) is 51.9 Å². The van der Waals surface area contributed by atoms with Crippen molar-refractivity contribution in [1.29, 1.82) is 0 Å². The molecule has 6 nitrogen and oxygen atoms in total. The predicted octanol–water partition coefficient (Wildman–Crippen LogP) is 3.16. The summed E-state index contributed by atoms with van der Waals surface area (Å²) in [5.41, 5.74) is 10.5. The number of nitrogens with zero attached hydrogens (tertiary/aromatic N) is 3. The summed E-state index contributed by atoms with van der Waals surface area (Å²) in [4.78, 5) is 2.91. The molecule has 2 N–H and O–H groups in total. The molecule has 0 aromatic heterocycles. The summed E-state index contributed by atoms with van der Waals surface area (Å²) < 4.78 is 6.89. The van der Waals surface area contributed by atoms with Crippen LogP contribution in [-0.2, 0) is 4.74 Å². The minimum absolute atomic E-state index is 0.0670. The topological polar surface area (TPSA) is 98.5 Å². The first-order valence-corrected chi connectivity index (χ1v) is 9.47. The van der Waals surface area contributed by atoms with Crippen LogP contribution >= 0.6 is 0 Å². The lowest BCUT2D eigenvalue weighted by Crippen LogP contribution is -2.56. The van der Waals surface area contributed by atoms with Gasteiger partial charge < -0.3 is 14.9 Å². The second-order valence-corrected chi connectivity index (χ2v) is 8.90. The van der Waals surface area contributed by atoms with Crippen molar-refractivity contribution in [2.45, 2.75) is 81.3 Å². The molecular weight excluding hydrogens is 318 g/mol. The molecule has 0 aromatic carbocycles. The quantitative estimate of drug-likeness (QED) is 0.434. The minimum Gasteiger partial charge on any atom is -0.393 e. The second-order valence-electron chi connectivity index (χ2n) is 8.90. The third-order valence-corrected chi connectivity index (χ3v) is 7.94. The number of fused-ring (bicyclic) bond motifs is 1. The zero-order chi connectivity index (χ0) is 17.4. The molecule has 0 aromatic rings. The Kier molecular flexibility index (Phi) is 3.11. The van der Waals surface area contributed by atoms with Crippen LogP contribution < -0.4 is 0 Å². The van der Waals surface area contributed by atoms with Crippen LogP contribution in [0.25, 0.3) is 10.4 Å². The van der Waals surface area contributed by atoms with E-state index in [-0.39, 0.29) is 17.1 Å². The Morgan fingerprint density at radius 1 is 1.28 bits per heavy atom. The van der Waals surface area contributed by atoms with E-state index in [0.29, 0.717) is 12.3 Å². The monoisotopic (exact) mass is 343 g/mol. The Labute approximate surface area is 147 Å². The minimum atomic E-state index is -0.743. The maximum Gasteiger partial charge on any atom is 0.0947 e. The highest BCUT2D eigenvalue weighted by Gasteiger charge is 2.67. The normalized spacial score (nSPS) is 53.1.